The molecule has 0 amide bonds. The van der Waals surface area contributed by atoms with Crippen LogP contribution in [0.3, 0.4) is 0 Å². The van der Waals surface area contributed by atoms with E-state index in [0.717, 1.165) is 11.6 Å². The van der Waals surface area contributed by atoms with E-state index < -0.39 is 0 Å². The minimum Gasteiger partial charge on any atom is -0.316 e. The van der Waals surface area contributed by atoms with E-state index in [1.165, 1.54) is 24.3 Å². The molecule has 0 aliphatic carbocycles. The zero-order valence-corrected chi connectivity index (χ0v) is 8.42. The standard InChI is InChI=1S/C9H12ClNS/c10-8-3-5-12-9(8)7-2-1-4-11-6-7/h3,5,7,11H,1-2,4,6H2/t7-/m0/s1. The first-order valence-corrected chi connectivity index (χ1v) is 5.57. The third-order valence-electron chi connectivity index (χ3n) is 2.31. The molecule has 66 valence electrons. The molecule has 1 aromatic heterocycles. The van der Waals surface area contributed by atoms with Crippen LogP contribution in [0.25, 0.3) is 0 Å². The topological polar surface area (TPSA) is 12.0 Å². The van der Waals surface area contributed by atoms with Crippen molar-refractivity contribution in [3.63, 3.8) is 0 Å². The molecule has 1 aliphatic heterocycles. The largest absolute Gasteiger partial charge is 0.316 e. The highest BCUT2D eigenvalue weighted by atomic mass is 35.5. The van der Waals surface area contributed by atoms with Crippen LogP contribution < -0.4 is 5.32 Å². The molecule has 0 bridgehead atoms. The van der Waals surface area contributed by atoms with Crippen molar-refractivity contribution >= 4 is 22.9 Å². The Bertz CT molecular complexity index is 253. The summed E-state index contributed by atoms with van der Waals surface area (Å²) < 4.78 is 0. The smallest absolute Gasteiger partial charge is 0.0548 e. The van der Waals surface area contributed by atoms with E-state index in [9.17, 15) is 0 Å². The van der Waals surface area contributed by atoms with Gasteiger partial charge in [0.05, 0.1) is 5.02 Å². The zero-order chi connectivity index (χ0) is 8.39. The fourth-order valence-electron chi connectivity index (χ4n) is 1.67. The summed E-state index contributed by atoms with van der Waals surface area (Å²) >= 11 is 7.84. The second-order valence-electron chi connectivity index (χ2n) is 3.18. The molecule has 0 unspecified atom stereocenters. The molecule has 1 nitrogen and oxygen atoms in total. The molecule has 1 N–H and O–H groups in total. The van der Waals surface area contributed by atoms with Crippen LogP contribution in [0.2, 0.25) is 5.02 Å². The molecule has 1 aliphatic rings. The van der Waals surface area contributed by atoms with E-state index >= 15 is 0 Å². The molecule has 1 fully saturated rings. The minimum absolute atomic E-state index is 0.659. The molecule has 1 atom stereocenters. The molecule has 2 heterocycles. The van der Waals surface area contributed by atoms with Gasteiger partial charge in [-0.1, -0.05) is 11.6 Å². The second-order valence-corrected chi connectivity index (χ2v) is 4.53. The molecule has 3 heteroatoms. The van der Waals surface area contributed by atoms with Gasteiger partial charge in [0.1, 0.15) is 0 Å². The highest BCUT2D eigenvalue weighted by Crippen LogP contribution is 2.33. The SMILES string of the molecule is Clc1ccsc1[C@H]1CCCNC1. The van der Waals surface area contributed by atoms with Gasteiger partial charge in [0.15, 0.2) is 0 Å². The highest BCUT2D eigenvalue weighted by Gasteiger charge is 2.18. The molecule has 1 saturated heterocycles. The van der Waals surface area contributed by atoms with Crippen LogP contribution >= 0.6 is 22.9 Å². The summed E-state index contributed by atoms with van der Waals surface area (Å²) in [4.78, 5) is 1.36. The normalized spacial score (nSPS) is 24.2. The number of nitrogens with one attached hydrogen (secondary N) is 1. The van der Waals surface area contributed by atoms with Crippen LogP contribution in [0, 0.1) is 0 Å². The van der Waals surface area contributed by atoms with E-state index in [-0.39, 0.29) is 0 Å². The van der Waals surface area contributed by atoms with Gasteiger partial charge in [-0.15, -0.1) is 11.3 Å². The average molecular weight is 202 g/mol. The quantitative estimate of drug-likeness (QED) is 0.737. The molecular weight excluding hydrogens is 190 g/mol. The van der Waals surface area contributed by atoms with Crippen molar-refractivity contribution in [3.8, 4) is 0 Å². The fourth-order valence-corrected chi connectivity index (χ4v) is 3.02. The van der Waals surface area contributed by atoms with Crippen LogP contribution in [0.15, 0.2) is 11.4 Å². The van der Waals surface area contributed by atoms with Crippen molar-refractivity contribution < 1.29 is 0 Å². The Morgan fingerprint density at radius 3 is 3.08 bits per heavy atom. The van der Waals surface area contributed by atoms with Gasteiger partial charge in [0, 0.05) is 17.3 Å². The van der Waals surface area contributed by atoms with Crippen molar-refractivity contribution in [2.45, 2.75) is 18.8 Å². The van der Waals surface area contributed by atoms with E-state index in [2.05, 4.69) is 10.7 Å². The predicted octanol–water partition coefficient (Wildman–Crippen LogP) is 2.87. The Morgan fingerprint density at radius 1 is 1.58 bits per heavy atom. The lowest BCUT2D eigenvalue weighted by Crippen LogP contribution is -2.27. The van der Waals surface area contributed by atoms with E-state index in [0.29, 0.717) is 5.92 Å². The van der Waals surface area contributed by atoms with E-state index in [4.69, 9.17) is 11.6 Å². The molecule has 12 heavy (non-hydrogen) atoms. The maximum Gasteiger partial charge on any atom is 0.0548 e. The molecule has 0 saturated carbocycles. The summed E-state index contributed by atoms with van der Waals surface area (Å²) in [5.74, 6) is 0.659. The Kier molecular flexibility index (Phi) is 2.69. The summed E-state index contributed by atoms with van der Waals surface area (Å²) in [5, 5.41) is 6.43. The summed E-state index contributed by atoms with van der Waals surface area (Å²) in [5.41, 5.74) is 0. The van der Waals surface area contributed by atoms with Crippen LogP contribution in [0.5, 0.6) is 0 Å². The van der Waals surface area contributed by atoms with Crippen molar-refractivity contribution in [1.29, 1.82) is 0 Å². The van der Waals surface area contributed by atoms with Gasteiger partial charge < -0.3 is 5.32 Å². The second kappa shape index (κ2) is 3.77. The van der Waals surface area contributed by atoms with E-state index in [1.54, 1.807) is 11.3 Å². The van der Waals surface area contributed by atoms with Crippen molar-refractivity contribution in [2.24, 2.45) is 0 Å². The van der Waals surface area contributed by atoms with Crippen LogP contribution in [-0.4, -0.2) is 13.1 Å². The first-order chi connectivity index (χ1) is 5.88. The van der Waals surface area contributed by atoms with Gasteiger partial charge in [-0.25, -0.2) is 0 Å². The molecule has 0 radical (unpaired) electrons. The van der Waals surface area contributed by atoms with Gasteiger partial charge in [-0.05, 0) is 30.8 Å². The van der Waals surface area contributed by atoms with Crippen LogP contribution in [-0.2, 0) is 0 Å². The van der Waals surface area contributed by atoms with Crippen LogP contribution in [0.4, 0.5) is 0 Å². The first-order valence-electron chi connectivity index (χ1n) is 4.31. The summed E-state index contributed by atoms with van der Waals surface area (Å²) in [6, 6.07) is 2.00. The number of halogens is 1. The number of hydrogen-bond acceptors (Lipinski definition) is 2. The lowest BCUT2D eigenvalue weighted by molar-refractivity contribution is 0.466. The fraction of sp³-hybridized carbons (Fsp3) is 0.556. The third-order valence-corrected chi connectivity index (χ3v) is 3.83. The minimum atomic E-state index is 0.659. The van der Waals surface area contributed by atoms with Gasteiger partial charge in [-0.2, -0.15) is 0 Å². The van der Waals surface area contributed by atoms with Gasteiger partial charge in [0.25, 0.3) is 0 Å². The summed E-state index contributed by atoms with van der Waals surface area (Å²) in [6.45, 7) is 2.26. The van der Waals surface area contributed by atoms with Crippen molar-refractivity contribution in [2.75, 3.05) is 13.1 Å². The Hall–Kier alpha value is -0.0500. The third kappa shape index (κ3) is 1.65. The predicted molar refractivity (Wildman–Crippen MR) is 54.2 cm³/mol. The zero-order valence-electron chi connectivity index (χ0n) is 6.85. The number of thiophene rings is 1. The molecule has 2 rings (SSSR count). The van der Waals surface area contributed by atoms with E-state index in [1.807, 2.05) is 6.07 Å². The first kappa shape index (κ1) is 8.54. The Morgan fingerprint density at radius 2 is 2.50 bits per heavy atom. The van der Waals surface area contributed by atoms with Crippen molar-refractivity contribution in [1.82, 2.24) is 5.32 Å². The monoisotopic (exact) mass is 201 g/mol. The highest BCUT2D eigenvalue weighted by molar-refractivity contribution is 7.10. The van der Waals surface area contributed by atoms with Crippen LogP contribution in [0.1, 0.15) is 23.6 Å². The summed E-state index contributed by atoms with van der Waals surface area (Å²) in [6.07, 6.45) is 2.56. The maximum atomic E-state index is 6.06. The molecule has 0 spiro atoms. The average Bonchev–Trinajstić information content (AvgIpc) is 2.53. The molecule has 1 aromatic rings. The number of hydrogen-bond donors (Lipinski definition) is 1. The lowest BCUT2D eigenvalue weighted by atomic mass is 9.98. The van der Waals surface area contributed by atoms with Gasteiger partial charge >= 0.3 is 0 Å². The van der Waals surface area contributed by atoms with Crippen molar-refractivity contribution in [3.05, 3.63) is 21.3 Å². The van der Waals surface area contributed by atoms with Gasteiger partial charge in [0.2, 0.25) is 0 Å². The Balaban J connectivity index is 2.13. The number of rotatable bonds is 1. The summed E-state index contributed by atoms with van der Waals surface area (Å²) in [7, 11) is 0. The maximum absolute atomic E-state index is 6.06. The lowest BCUT2D eigenvalue weighted by Gasteiger charge is -2.21. The molecule has 0 aromatic carbocycles. The number of piperidine rings is 1. The van der Waals surface area contributed by atoms with Gasteiger partial charge in [-0.3, -0.25) is 0 Å². The molecular formula is C9H12ClNS. The Labute approximate surface area is 81.7 Å².